The minimum atomic E-state index is 0.661. The first kappa shape index (κ1) is 13.9. The molecule has 3 heteroatoms. The van der Waals surface area contributed by atoms with E-state index in [1.54, 1.807) is 0 Å². The number of hydrogen-bond acceptors (Lipinski definition) is 3. The molecule has 1 fully saturated rings. The van der Waals surface area contributed by atoms with Gasteiger partial charge in [0.05, 0.1) is 0 Å². The monoisotopic (exact) mass is 227 g/mol. The quantitative estimate of drug-likeness (QED) is 0.584. The van der Waals surface area contributed by atoms with Gasteiger partial charge < -0.3 is 10.6 Å². The van der Waals surface area contributed by atoms with Crippen LogP contribution in [0.15, 0.2) is 0 Å². The second kappa shape index (κ2) is 7.25. The van der Waals surface area contributed by atoms with E-state index in [4.69, 9.17) is 0 Å². The van der Waals surface area contributed by atoms with Crippen molar-refractivity contribution < 1.29 is 0 Å². The Kier molecular flexibility index (Phi) is 6.32. The lowest BCUT2D eigenvalue weighted by Crippen LogP contribution is -2.38. The fourth-order valence-electron chi connectivity index (χ4n) is 2.37. The number of nitrogens with zero attached hydrogens (tertiary/aromatic N) is 1. The summed E-state index contributed by atoms with van der Waals surface area (Å²) in [7, 11) is 2.07. The summed E-state index contributed by atoms with van der Waals surface area (Å²) >= 11 is 0. The molecule has 1 aliphatic rings. The van der Waals surface area contributed by atoms with Gasteiger partial charge >= 0.3 is 0 Å². The molecule has 1 rings (SSSR count). The molecule has 1 saturated heterocycles. The molecule has 0 saturated carbocycles. The molecule has 0 bridgehead atoms. The van der Waals surface area contributed by atoms with Crippen LogP contribution in [0.4, 0.5) is 0 Å². The van der Waals surface area contributed by atoms with Gasteiger partial charge in [-0.1, -0.05) is 20.8 Å². The van der Waals surface area contributed by atoms with E-state index in [1.807, 2.05) is 0 Å². The summed E-state index contributed by atoms with van der Waals surface area (Å²) in [6, 6.07) is 2.15. The maximum atomic E-state index is 3.66. The zero-order chi connectivity index (χ0) is 12.0. The van der Waals surface area contributed by atoms with Gasteiger partial charge in [0.25, 0.3) is 0 Å². The van der Waals surface area contributed by atoms with Crippen LogP contribution < -0.4 is 10.6 Å². The first-order valence-corrected chi connectivity index (χ1v) is 6.91. The molecule has 0 aromatic heterocycles. The molecule has 2 N–H and O–H groups in total. The highest BCUT2D eigenvalue weighted by Gasteiger charge is 2.39. The highest BCUT2D eigenvalue weighted by atomic mass is 15.3. The highest BCUT2D eigenvalue weighted by molar-refractivity contribution is 4.99. The van der Waals surface area contributed by atoms with E-state index in [-0.39, 0.29) is 0 Å². The Labute approximate surface area is 101 Å². The maximum Gasteiger partial charge on any atom is 0.0377 e. The topological polar surface area (TPSA) is 27.1 Å². The number of hydrogen-bond donors (Lipinski definition) is 2. The van der Waals surface area contributed by atoms with Crippen molar-refractivity contribution in [3.8, 4) is 0 Å². The summed E-state index contributed by atoms with van der Waals surface area (Å²) in [6.45, 7) is 10.4. The molecule has 4 unspecified atom stereocenters. The van der Waals surface area contributed by atoms with Crippen LogP contribution in [0.1, 0.15) is 40.0 Å². The van der Waals surface area contributed by atoms with Crippen molar-refractivity contribution in [3.63, 3.8) is 0 Å². The van der Waals surface area contributed by atoms with E-state index >= 15 is 0 Å². The van der Waals surface area contributed by atoms with Crippen LogP contribution in [0.2, 0.25) is 0 Å². The Bertz CT molecular complexity index is 180. The van der Waals surface area contributed by atoms with Gasteiger partial charge in [-0.3, -0.25) is 4.90 Å². The molecule has 0 aromatic carbocycles. The molecular formula is C13H29N3. The van der Waals surface area contributed by atoms with Crippen LogP contribution in [0, 0.1) is 0 Å². The van der Waals surface area contributed by atoms with E-state index in [9.17, 15) is 0 Å². The maximum absolute atomic E-state index is 3.66. The molecule has 0 aromatic rings. The molecule has 3 nitrogen and oxygen atoms in total. The van der Waals surface area contributed by atoms with Crippen LogP contribution in [-0.2, 0) is 0 Å². The van der Waals surface area contributed by atoms with E-state index < -0.39 is 0 Å². The van der Waals surface area contributed by atoms with Crippen molar-refractivity contribution in [1.82, 2.24) is 15.5 Å². The van der Waals surface area contributed by atoms with Gasteiger partial charge in [-0.2, -0.15) is 0 Å². The fourth-order valence-corrected chi connectivity index (χ4v) is 2.37. The van der Waals surface area contributed by atoms with Crippen LogP contribution in [0.25, 0.3) is 0 Å². The lowest BCUT2D eigenvalue weighted by atomic mass is 10.1. The van der Waals surface area contributed by atoms with E-state index in [0.717, 1.165) is 12.6 Å². The molecule has 1 aliphatic heterocycles. The minimum absolute atomic E-state index is 0.661. The van der Waals surface area contributed by atoms with Crippen molar-refractivity contribution >= 4 is 0 Å². The summed E-state index contributed by atoms with van der Waals surface area (Å²) in [6.07, 6.45) is 3.70. The van der Waals surface area contributed by atoms with Gasteiger partial charge in [0.2, 0.25) is 0 Å². The van der Waals surface area contributed by atoms with Crippen molar-refractivity contribution in [2.45, 2.75) is 58.2 Å². The molecule has 0 amide bonds. The summed E-state index contributed by atoms with van der Waals surface area (Å²) in [5.41, 5.74) is 0. The van der Waals surface area contributed by atoms with Gasteiger partial charge in [-0.05, 0) is 32.9 Å². The third-order valence-corrected chi connectivity index (χ3v) is 3.67. The summed E-state index contributed by atoms with van der Waals surface area (Å²) in [5.74, 6) is 0. The fraction of sp³-hybridized carbons (Fsp3) is 1.00. The summed E-state index contributed by atoms with van der Waals surface area (Å²) in [5, 5.41) is 7.04. The van der Waals surface area contributed by atoms with Crippen molar-refractivity contribution in [2.24, 2.45) is 0 Å². The van der Waals surface area contributed by atoms with Crippen molar-refractivity contribution in [1.29, 1.82) is 0 Å². The smallest absolute Gasteiger partial charge is 0.0377 e. The molecule has 0 spiro atoms. The van der Waals surface area contributed by atoms with Gasteiger partial charge in [-0.15, -0.1) is 0 Å². The Balaban J connectivity index is 2.24. The molecule has 1 heterocycles. The van der Waals surface area contributed by atoms with Crippen LogP contribution >= 0.6 is 0 Å². The molecule has 0 radical (unpaired) electrons. The zero-order valence-electron chi connectivity index (χ0n) is 11.4. The van der Waals surface area contributed by atoms with Gasteiger partial charge in [-0.25, -0.2) is 0 Å². The Morgan fingerprint density at radius 1 is 1.25 bits per heavy atom. The van der Waals surface area contributed by atoms with Crippen molar-refractivity contribution in [3.05, 3.63) is 0 Å². The number of nitrogens with one attached hydrogen (secondary N) is 2. The van der Waals surface area contributed by atoms with E-state index in [0.29, 0.717) is 12.1 Å². The molecule has 0 aliphatic carbocycles. The first-order valence-electron chi connectivity index (χ1n) is 6.91. The van der Waals surface area contributed by atoms with Crippen LogP contribution in [0.3, 0.4) is 0 Å². The highest BCUT2D eigenvalue weighted by Crippen LogP contribution is 2.23. The second-order valence-corrected chi connectivity index (χ2v) is 4.88. The lowest BCUT2D eigenvalue weighted by molar-refractivity contribution is 0.363. The average Bonchev–Trinajstić information content (AvgIpc) is 3.06. The van der Waals surface area contributed by atoms with Gasteiger partial charge in [0.1, 0.15) is 0 Å². The third kappa shape index (κ3) is 4.04. The largest absolute Gasteiger partial charge is 0.316 e. The predicted molar refractivity (Wildman–Crippen MR) is 70.9 cm³/mol. The SMILES string of the molecule is CCCNC(CC)C1CN1CC(CC)NC. The zero-order valence-corrected chi connectivity index (χ0v) is 11.4. The molecule has 16 heavy (non-hydrogen) atoms. The normalized spacial score (nSPS) is 27.8. The Morgan fingerprint density at radius 2 is 2.00 bits per heavy atom. The van der Waals surface area contributed by atoms with Crippen LogP contribution in [-0.4, -0.2) is 49.7 Å². The standard InChI is InChI=1S/C13H29N3/c1-5-8-15-12(7-3)13-10-16(13)9-11(6-2)14-4/h11-15H,5-10H2,1-4H3. The number of likely N-dealkylation sites (N-methyl/N-ethyl adjacent to an activating group) is 1. The van der Waals surface area contributed by atoms with E-state index in [1.165, 1.54) is 32.4 Å². The third-order valence-electron chi connectivity index (χ3n) is 3.67. The molecule has 4 atom stereocenters. The summed E-state index contributed by atoms with van der Waals surface area (Å²) < 4.78 is 0. The van der Waals surface area contributed by atoms with Crippen molar-refractivity contribution in [2.75, 3.05) is 26.7 Å². The number of rotatable bonds is 9. The lowest BCUT2D eigenvalue weighted by Gasteiger charge is -2.19. The molecule has 96 valence electrons. The average molecular weight is 227 g/mol. The van der Waals surface area contributed by atoms with Gasteiger partial charge in [0.15, 0.2) is 0 Å². The molecular weight excluding hydrogens is 198 g/mol. The van der Waals surface area contributed by atoms with Gasteiger partial charge in [0, 0.05) is 31.2 Å². The first-order chi connectivity index (χ1) is 7.76. The Morgan fingerprint density at radius 3 is 2.50 bits per heavy atom. The minimum Gasteiger partial charge on any atom is -0.316 e. The van der Waals surface area contributed by atoms with E-state index in [2.05, 4.69) is 43.4 Å². The second-order valence-electron chi connectivity index (χ2n) is 4.88. The Hall–Kier alpha value is -0.120. The predicted octanol–water partition coefficient (Wildman–Crippen LogP) is 1.45. The van der Waals surface area contributed by atoms with Crippen LogP contribution in [0.5, 0.6) is 0 Å². The summed E-state index contributed by atoms with van der Waals surface area (Å²) in [4.78, 5) is 2.60.